The number of para-hydroxylation sites is 1. The van der Waals surface area contributed by atoms with Gasteiger partial charge in [0.2, 0.25) is 11.8 Å². The van der Waals surface area contributed by atoms with Crippen molar-refractivity contribution < 1.29 is 23.5 Å². The number of ether oxygens (including phenoxy) is 2. The van der Waals surface area contributed by atoms with E-state index in [2.05, 4.69) is 15.6 Å². The van der Waals surface area contributed by atoms with Gasteiger partial charge in [0.25, 0.3) is 0 Å². The maximum Gasteiger partial charge on any atom is 0.247 e. The third-order valence-electron chi connectivity index (χ3n) is 7.18. The highest BCUT2D eigenvalue weighted by atomic mass is 16.5. The molecule has 0 spiro atoms. The summed E-state index contributed by atoms with van der Waals surface area (Å²) in [5.74, 6) is 0.994. The van der Waals surface area contributed by atoms with Gasteiger partial charge in [0.05, 0.1) is 32.5 Å². The van der Waals surface area contributed by atoms with Crippen LogP contribution in [0.25, 0.3) is 11.0 Å². The molecule has 1 aliphatic rings. The minimum Gasteiger partial charge on any atom is -0.497 e. The molecule has 1 N–H and O–H groups in total. The number of benzene rings is 2. The summed E-state index contributed by atoms with van der Waals surface area (Å²) >= 11 is 0. The number of carbonyl (C=O) groups excluding carboxylic acids is 2. The van der Waals surface area contributed by atoms with Crippen molar-refractivity contribution in [2.45, 2.75) is 57.3 Å². The molecule has 4 aromatic rings. The Bertz CT molecular complexity index is 1410. The molecule has 1 atom stereocenters. The summed E-state index contributed by atoms with van der Waals surface area (Å²) in [4.78, 5) is 29.7. The summed E-state index contributed by atoms with van der Waals surface area (Å²) in [5.41, 5.74) is 1.97. The van der Waals surface area contributed by atoms with Gasteiger partial charge in [0, 0.05) is 17.7 Å². The Kier molecular flexibility index (Phi) is 8.10. The third kappa shape index (κ3) is 5.89. The molecular weight excluding hydrogens is 498 g/mol. The molecule has 0 bridgehead atoms. The van der Waals surface area contributed by atoms with Crippen LogP contribution in [0.4, 0.5) is 0 Å². The van der Waals surface area contributed by atoms with Gasteiger partial charge in [0.15, 0.2) is 0 Å². The first-order valence-corrected chi connectivity index (χ1v) is 13.2. The standard InChI is InChI=1S/C29H33N5O5/c1-37-21-14-15-23(26(17-21)38-2)28(29(36)30-20-9-4-3-5-10-20)33(18-22-11-8-16-39-22)27(35)19-34-25-13-7-6-12-24(25)31-32-34/h6-8,11-17,20,28H,3-5,9-10,18-19H2,1-2H3,(H,30,36). The number of nitrogens with zero attached hydrogens (tertiary/aromatic N) is 4. The second-order valence-corrected chi connectivity index (χ2v) is 9.69. The van der Waals surface area contributed by atoms with Crippen LogP contribution in [-0.2, 0) is 22.7 Å². The van der Waals surface area contributed by atoms with E-state index in [1.54, 1.807) is 48.4 Å². The first-order valence-electron chi connectivity index (χ1n) is 13.2. The summed E-state index contributed by atoms with van der Waals surface area (Å²) in [7, 11) is 3.10. The van der Waals surface area contributed by atoms with Crippen LogP contribution < -0.4 is 14.8 Å². The normalized spacial score (nSPS) is 14.6. The molecule has 204 valence electrons. The summed E-state index contributed by atoms with van der Waals surface area (Å²) in [6.45, 7) is -0.0245. The van der Waals surface area contributed by atoms with Crippen LogP contribution in [0.15, 0.2) is 65.3 Å². The molecule has 0 aliphatic heterocycles. The van der Waals surface area contributed by atoms with Crippen LogP contribution in [0.3, 0.4) is 0 Å². The number of furan rings is 1. The minimum atomic E-state index is -0.986. The highest BCUT2D eigenvalue weighted by molar-refractivity contribution is 5.90. The lowest BCUT2D eigenvalue weighted by Gasteiger charge is -2.33. The average Bonchev–Trinajstić information content (AvgIpc) is 3.63. The summed E-state index contributed by atoms with van der Waals surface area (Å²) < 4.78 is 18.2. The quantitative estimate of drug-likeness (QED) is 0.325. The highest BCUT2D eigenvalue weighted by Crippen LogP contribution is 2.35. The smallest absolute Gasteiger partial charge is 0.247 e. The number of hydrogen-bond acceptors (Lipinski definition) is 7. The zero-order valence-corrected chi connectivity index (χ0v) is 22.2. The lowest BCUT2D eigenvalue weighted by Crippen LogP contribution is -2.47. The molecule has 0 saturated heterocycles. The molecule has 2 aromatic carbocycles. The average molecular weight is 532 g/mol. The van der Waals surface area contributed by atoms with Crippen LogP contribution in [-0.4, -0.2) is 52.0 Å². The molecule has 1 unspecified atom stereocenters. The summed E-state index contributed by atoms with van der Waals surface area (Å²) in [5, 5.41) is 11.6. The van der Waals surface area contributed by atoms with Gasteiger partial charge in [-0.3, -0.25) is 9.59 Å². The lowest BCUT2D eigenvalue weighted by atomic mass is 9.94. The van der Waals surface area contributed by atoms with Gasteiger partial charge >= 0.3 is 0 Å². The molecule has 2 heterocycles. The van der Waals surface area contributed by atoms with Gasteiger partial charge in [-0.2, -0.15) is 0 Å². The third-order valence-corrected chi connectivity index (χ3v) is 7.18. The molecule has 10 nitrogen and oxygen atoms in total. The van der Waals surface area contributed by atoms with Crippen LogP contribution in [0.2, 0.25) is 0 Å². The fraction of sp³-hybridized carbons (Fsp3) is 0.379. The Hall–Kier alpha value is -4.34. The van der Waals surface area contributed by atoms with Gasteiger partial charge in [-0.15, -0.1) is 5.10 Å². The molecular formula is C29H33N5O5. The minimum absolute atomic E-state index is 0.0535. The van der Waals surface area contributed by atoms with Gasteiger partial charge in [-0.1, -0.05) is 36.6 Å². The van der Waals surface area contributed by atoms with Crippen molar-refractivity contribution in [3.63, 3.8) is 0 Å². The molecule has 0 radical (unpaired) electrons. The van der Waals surface area contributed by atoms with Crippen LogP contribution in [0.5, 0.6) is 11.5 Å². The van der Waals surface area contributed by atoms with Gasteiger partial charge in [0.1, 0.15) is 35.4 Å². The molecule has 1 saturated carbocycles. The molecule has 5 rings (SSSR count). The second kappa shape index (κ2) is 12.0. The first kappa shape index (κ1) is 26.3. The fourth-order valence-corrected chi connectivity index (χ4v) is 5.17. The van der Waals surface area contributed by atoms with Gasteiger partial charge in [-0.05, 0) is 49.2 Å². The van der Waals surface area contributed by atoms with Crippen molar-refractivity contribution in [3.05, 3.63) is 72.2 Å². The number of hydrogen-bond donors (Lipinski definition) is 1. The fourth-order valence-electron chi connectivity index (χ4n) is 5.17. The van der Waals surface area contributed by atoms with Gasteiger partial charge in [-0.25, -0.2) is 4.68 Å². The van der Waals surface area contributed by atoms with Crippen molar-refractivity contribution in [3.8, 4) is 11.5 Å². The molecule has 39 heavy (non-hydrogen) atoms. The second-order valence-electron chi connectivity index (χ2n) is 9.69. The SMILES string of the molecule is COc1ccc(C(C(=O)NC2CCCCC2)N(Cc2ccco2)C(=O)Cn2nnc3ccccc32)c(OC)c1. The van der Waals surface area contributed by atoms with Crippen molar-refractivity contribution in [1.82, 2.24) is 25.2 Å². The predicted molar refractivity (Wildman–Crippen MR) is 144 cm³/mol. The van der Waals surface area contributed by atoms with E-state index in [0.717, 1.165) is 37.6 Å². The van der Waals surface area contributed by atoms with Crippen LogP contribution in [0.1, 0.15) is 49.5 Å². The monoisotopic (exact) mass is 531 g/mol. The van der Waals surface area contributed by atoms with E-state index >= 15 is 0 Å². The zero-order chi connectivity index (χ0) is 27.2. The van der Waals surface area contributed by atoms with E-state index in [1.807, 2.05) is 24.3 Å². The largest absolute Gasteiger partial charge is 0.497 e. The number of aromatic nitrogens is 3. The number of amides is 2. The summed E-state index contributed by atoms with van der Waals surface area (Å²) in [6, 6.07) is 15.3. The molecule has 1 aliphatic carbocycles. The van der Waals surface area contributed by atoms with E-state index in [0.29, 0.717) is 28.3 Å². The summed E-state index contributed by atoms with van der Waals surface area (Å²) in [6.07, 6.45) is 6.67. The molecule has 1 fully saturated rings. The van der Waals surface area contributed by atoms with Crippen molar-refractivity contribution in [2.24, 2.45) is 0 Å². The van der Waals surface area contributed by atoms with E-state index in [4.69, 9.17) is 13.9 Å². The number of methoxy groups -OCH3 is 2. The van der Waals surface area contributed by atoms with Crippen molar-refractivity contribution in [1.29, 1.82) is 0 Å². The highest BCUT2D eigenvalue weighted by Gasteiger charge is 2.36. The Morgan fingerprint density at radius 2 is 1.90 bits per heavy atom. The van der Waals surface area contributed by atoms with Crippen LogP contribution in [0, 0.1) is 0 Å². The van der Waals surface area contributed by atoms with Crippen LogP contribution >= 0.6 is 0 Å². The Morgan fingerprint density at radius 3 is 2.64 bits per heavy atom. The lowest BCUT2D eigenvalue weighted by molar-refractivity contribution is -0.143. The topological polar surface area (TPSA) is 112 Å². The Morgan fingerprint density at radius 1 is 1.08 bits per heavy atom. The predicted octanol–water partition coefficient (Wildman–Crippen LogP) is 4.26. The maximum atomic E-state index is 14.1. The molecule has 2 aromatic heterocycles. The van der Waals surface area contributed by atoms with E-state index in [-0.39, 0.29) is 30.9 Å². The molecule has 10 heteroatoms. The molecule has 2 amide bonds. The van der Waals surface area contributed by atoms with E-state index in [1.165, 1.54) is 12.0 Å². The van der Waals surface area contributed by atoms with Crippen molar-refractivity contribution >= 4 is 22.8 Å². The number of rotatable bonds is 10. The van der Waals surface area contributed by atoms with E-state index < -0.39 is 6.04 Å². The number of carbonyl (C=O) groups is 2. The number of fused-ring (bicyclic) bond motifs is 1. The zero-order valence-electron chi connectivity index (χ0n) is 22.2. The van der Waals surface area contributed by atoms with Crippen molar-refractivity contribution in [2.75, 3.05) is 14.2 Å². The first-order chi connectivity index (χ1) is 19.1. The Labute approximate surface area is 226 Å². The maximum absolute atomic E-state index is 14.1. The van der Waals surface area contributed by atoms with Gasteiger partial charge < -0.3 is 24.1 Å². The van der Waals surface area contributed by atoms with E-state index in [9.17, 15) is 9.59 Å². The number of nitrogens with one attached hydrogen (secondary N) is 1. The Balaban J connectivity index is 1.55.